The third kappa shape index (κ3) is 7.78. The molecular formula is C23H33NO5S. The number of hydrogen-bond acceptors (Lipinski definition) is 6. The molecule has 0 bridgehead atoms. The number of rotatable bonds is 10. The number of carbonyl (C=O) groups is 2. The smallest absolute Gasteiger partial charge is 0.303 e. The Labute approximate surface area is 182 Å². The molecule has 0 amide bonds. The molecule has 1 aromatic carbocycles. The number of aliphatic hydroxyl groups is 2. The zero-order valence-electron chi connectivity index (χ0n) is 17.6. The number of thiazole rings is 1. The van der Waals surface area contributed by atoms with Crippen LogP contribution in [0.4, 0.5) is 0 Å². The van der Waals surface area contributed by atoms with Gasteiger partial charge in [-0.25, -0.2) is 4.98 Å². The molecule has 0 spiro atoms. The minimum atomic E-state index is -1.02. The molecule has 6 nitrogen and oxygen atoms in total. The highest BCUT2D eigenvalue weighted by Crippen LogP contribution is 2.30. The van der Waals surface area contributed by atoms with Gasteiger partial charge < -0.3 is 15.3 Å². The monoisotopic (exact) mass is 435 g/mol. The Bertz CT molecular complexity index is 773. The van der Waals surface area contributed by atoms with Crippen molar-refractivity contribution in [2.45, 2.75) is 83.3 Å². The Morgan fingerprint density at radius 3 is 2.60 bits per heavy atom. The Morgan fingerprint density at radius 2 is 1.97 bits per heavy atom. The second-order valence-corrected chi connectivity index (χ2v) is 8.94. The van der Waals surface area contributed by atoms with Gasteiger partial charge in [-0.1, -0.05) is 44.7 Å². The number of aliphatic carboxylic acids is 1. The molecule has 3 N–H and O–H groups in total. The minimum absolute atomic E-state index is 0.225. The van der Waals surface area contributed by atoms with Crippen LogP contribution in [0, 0.1) is 5.92 Å². The van der Waals surface area contributed by atoms with Gasteiger partial charge in [-0.15, -0.1) is 11.3 Å². The zero-order valence-corrected chi connectivity index (χ0v) is 18.4. The number of unbranched alkanes of at least 4 members (excludes halogenated alkanes) is 3. The van der Waals surface area contributed by atoms with Gasteiger partial charge >= 0.3 is 5.97 Å². The van der Waals surface area contributed by atoms with Crippen LogP contribution in [-0.4, -0.2) is 44.3 Å². The van der Waals surface area contributed by atoms with Crippen LogP contribution >= 0.6 is 11.3 Å². The lowest BCUT2D eigenvalue weighted by atomic mass is 9.96. The van der Waals surface area contributed by atoms with Crippen molar-refractivity contribution in [2.24, 2.45) is 5.92 Å². The molecule has 1 saturated carbocycles. The fourth-order valence-corrected chi connectivity index (χ4v) is 4.63. The van der Waals surface area contributed by atoms with Crippen LogP contribution in [0.1, 0.15) is 80.9 Å². The lowest BCUT2D eigenvalue weighted by Gasteiger charge is -2.15. The van der Waals surface area contributed by atoms with Crippen LogP contribution in [0.15, 0.2) is 24.3 Å². The van der Waals surface area contributed by atoms with E-state index in [9.17, 15) is 19.8 Å². The molecule has 2 aromatic rings. The van der Waals surface area contributed by atoms with Gasteiger partial charge in [0.05, 0.1) is 16.3 Å². The Kier molecular flexibility index (Phi) is 10.4. The lowest BCUT2D eigenvalue weighted by molar-refractivity contribution is -0.137. The summed E-state index contributed by atoms with van der Waals surface area (Å²) in [5.74, 6) is -0.752. The first-order chi connectivity index (χ1) is 14.4. The van der Waals surface area contributed by atoms with Crippen LogP contribution < -0.4 is 0 Å². The summed E-state index contributed by atoms with van der Waals surface area (Å²) in [4.78, 5) is 26.5. The van der Waals surface area contributed by atoms with Gasteiger partial charge in [-0.3, -0.25) is 9.59 Å². The van der Waals surface area contributed by atoms with Crippen LogP contribution in [0.5, 0.6) is 0 Å². The van der Waals surface area contributed by atoms with Crippen molar-refractivity contribution in [1.29, 1.82) is 0 Å². The molecule has 3 rings (SSSR count). The highest BCUT2D eigenvalue weighted by atomic mass is 32.1. The highest BCUT2D eigenvalue weighted by Gasteiger charge is 2.28. The number of benzene rings is 1. The molecule has 2 unspecified atom stereocenters. The standard InChI is InChI=1S/C16H19NO3S.C7H14O2/c18-12-6-3-4-10(12)8-9-13(19)15(20)16-17-11-5-1-2-7-14(11)21-16;1-2-3-4-5-6-7(8)9/h1-2,5,7,10,12-13,18-19H,3-4,6,8-9H2;2-6H2,1H3,(H,8,9)/t10-,12?,13?;/m0./s1. The fourth-order valence-electron chi connectivity index (χ4n) is 3.68. The molecular weight excluding hydrogens is 402 g/mol. The number of ketones is 1. The number of aromatic nitrogens is 1. The van der Waals surface area contributed by atoms with Gasteiger partial charge in [0.2, 0.25) is 5.78 Å². The van der Waals surface area contributed by atoms with Gasteiger partial charge in [0.25, 0.3) is 0 Å². The lowest BCUT2D eigenvalue weighted by Crippen LogP contribution is -2.23. The van der Waals surface area contributed by atoms with Crippen LogP contribution in [0.25, 0.3) is 10.2 Å². The van der Waals surface area contributed by atoms with Crippen molar-refractivity contribution in [2.75, 3.05) is 0 Å². The maximum absolute atomic E-state index is 12.2. The summed E-state index contributed by atoms with van der Waals surface area (Å²) in [7, 11) is 0. The molecule has 166 valence electrons. The molecule has 1 fully saturated rings. The first kappa shape index (κ1) is 24.4. The van der Waals surface area contributed by atoms with E-state index in [0.717, 1.165) is 48.7 Å². The average molecular weight is 436 g/mol. The first-order valence-electron chi connectivity index (χ1n) is 10.9. The summed E-state index contributed by atoms with van der Waals surface area (Å²) in [6.45, 7) is 2.11. The number of carboxylic acid groups (broad SMARTS) is 1. The van der Waals surface area contributed by atoms with Crippen molar-refractivity contribution < 1.29 is 24.9 Å². The van der Waals surface area contributed by atoms with E-state index in [1.807, 2.05) is 24.3 Å². The molecule has 7 heteroatoms. The maximum atomic E-state index is 12.2. The molecule has 30 heavy (non-hydrogen) atoms. The summed E-state index contributed by atoms with van der Waals surface area (Å²) >= 11 is 1.32. The summed E-state index contributed by atoms with van der Waals surface area (Å²) in [6, 6.07) is 7.58. The third-order valence-corrected chi connectivity index (χ3v) is 6.53. The summed E-state index contributed by atoms with van der Waals surface area (Å²) in [6.07, 6.45) is 7.23. The predicted molar refractivity (Wildman–Crippen MR) is 119 cm³/mol. The summed E-state index contributed by atoms with van der Waals surface area (Å²) < 4.78 is 0.958. The molecule has 3 atom stereocenters. The predicted octanol–water partition coefficient (Wildman–Crippen LogP) is 4.82. The van der Waals surface area contributed by atoms with E-state index in [0.29, 0.717) is 24.3 Å². The Balaban J connectivity index is 0.000000303. The fraction of sp³-hybridized carbons (Fsp3) is 0.609. The number of fused-ring (bicyclic) bond motifs is 1. The van der Waals surface area contributed by atoms with Gasteiger partial charge in [0.1, 0.15) is 6.10 Å². The zero-order chi connectivity index (χ0) is 21.9. The van der Waals surface area contributed by atoms with E-state index >= 15 is 0 Å². The largest absolute Gasteiger partial charge is 0.481 e. The van der Waals surface area contributed by atoms with Crippen molar-refractivity contribution in [1.82, 2.24) is 4.98 Å². The number of nitrogens with zero attached hydrogens (tertiary/aromatic N) is 1. The molecule has 0 radical (unpaired) electrons. The van der Waals surface area contributed by atoms with E-state index in [1.165, 1.54) is 17.8 Å². The van der Waals surface area contributed by atoms with E-state index in [1.54, 1.807) is 0 Å². The van der Waals surface area contributed by atoms with Gasteiger partial charge in [-0.2, -0.15) is 0 Å². The van der Waals surface area contributed by atoms with Crippen molar-refractivity contribution in [3.05, 3.63) is 29.3 Å². The van der Waals surface area contributed by atoms with Crippen molar-refractivity contribution in [3.8, 4) is 0 Å². The Morgan fingerprint density at radius 1 is 1.20 bits per heavy atom. The number of carboxylic acids is 1. The van der Waals surface area contributed by atoms with E-state index in [-0.39, 0.29) is 17.8 Å². The quantitative estimate of drug-likeness (QED) is 0.365. The van der Waals surface area contributed by atoms with Crippen LogP contribution in [-0.2, 0) is 4.79 Å². The molecule has 1 aliphatic carbocycles. The van der Waals surface area contributed by atoms with Gasteiger partial charge in [0, 0.05) is 6.42 Å². The normalized spacial score (nSPS) is 19.3. The first-order valence-corrected chi connectivity index (χ1v) is 11.7. The van der Waals surface area contributed by atoms with Crippen LogP contribution in [0.3, 0.4) is 0 Å². The van der Waals surface area contributed by atoms with Gasteiger partial charge in [-0.05, 0) is 50.2 Å². The number of para-hydroxylation sites is 1. The number of Topliss-reactive ketones (excluding diaryl/α,β-unsaturated/α-hetero) is 1. The second-order valence-electron chi connectivity index (χ2n) is 7.91. The van der Waals surface area contributed by atoms with Crippen molar-refractivity contribution >= 4 is 33.3 Å². The molecule has 1 aliphatic rings. The topological polar surface area (TPSA) is 108 Å². The Hall–Kier alpha value is -1.83. The molecule has 1 aromatic heterocycles. The van der Waals surface area contributed by atoms with Crippen LogP contribution in [0.2, 0.25) is 0 Å². The maximum Gasteiger partial charge on any atom is 0.303 e. The summed E-state index contributed by atoms with van der Waals surface area (Å²) in [5.41, 5.74) is 0.796. The SMILES string of the molecule is CCCCCCC(=O)O.O=C(c1nc2ccccc2s1)C(O)CC[C@@H]1CCCC1O. The molecule has 0 saturated heterocycles. The third-order valence-electron chi connectivity index (χ3n) is 5.48. The van der Waals surface area contributed by atoms with E-state index in [4.69, 9.17) is 5.11 Å². The number of hydrogen-bond donors (Lipinski definition) is 3. The van der Waals surface area contributed by atoms with E-state index < -0.39 is 12.1 Å². The number of aliphatic hydroxyl groups excluding tert-OH is 2. The minimum Gasteiger partial charge on any atom is -0.481 e. The highest BCUT2D eigenvalue weighted by molar-refractivity contribution is 7.20. The second kappa shape index (κ2) is 12.8. The van der Waals surface area contributed by atoms with Gasteiger partial charge in [0.15, 0.2) is 5.01 Å². The summed E-state index contributed by atoms with van der Waals surface area (Å²) in [5, 5.41) is 28.4. The van der Waals surface area contributed by atoms with Crippen molar-refractivity contribution in [3.63, 3.8) is 0 Å². The molecule has 1 heterocycles. The average Bonchev–Trinajstić information content (AvgIpc) is 3.35. The molecule has 0 aliphatic heterocycles. The number of carbonyl (C=O) groups excluding carboxylic acids is 1. The van der Waals surface area contributed by atoms with E-state index in [2.05, 4.69) is 11.9 Å².